The number of halogens is 1. The average Bonchev–Trinajstić information content (AvgIpc) is 2.67. The van der Waals surface area contributed by atoms with E-state index in [4.69, 9.17) is 5.73 Å². The van der Waals surface area contributed by atoms with E-state index in [9.17, 15) is 4.79 Å². The van der Waals surface area contributed by atoms with E-state index in [1.54, 1.807) is 16.8 Å². The Hall–Kier alpha value is -1.69. The molecule has 100 valence electrons. The first kappa shape index (κ1) is 13.7. The van der Waals surface area contributed by atoms with Crippen molar-refractivity contribution in [3.05, 3.63) is 39.9 Å². The third kappa shape index (κ3) is 2.84. The molecule has 0 aliphatic heterocycles. The summed E-state index contributed by atoms with van der Waals surface area (Å²) in [6, 6.07) is 3.32. The average molecular weight is 323 g/mol. The predicted molar refractivity (Wildman–Crippen MR) is 77.0 cm³/mol. The molecule has 0 amide bonds. The first-order chi connectivity index (χ1) is 9.02. The van der Waals surface area contributed by atoms with E-state index in [1.807, 2.05) is 14.0 Å². The minimum atomic E-state index is -0.0497. The summed E-state index contributed by atoms with van der Waals surface area (Å²) in [7, 11) is 1.84. The largest absolute Gasteiger partial charge is 0.397 e. The van der Waals surface area contributed by atoms with Gasteiger partial charge in [0, 0.05) is 7.05 Å². The number of rotatable bonds is 4. The van der Waals surface area contributed by atoms with Gasteiger partial charge in [0.1, 0.15) is 5.69 Å². The van der Waals surface area contributed by atoms with E-state index < -0.39 is 0 Å². The maximum absolute atomic E-state index is 12.2. The molecule has 0 aliphatic carbocycles. The molecule has 5 nitrogen and oxygen atoms in total. The molecule has 0 aliphatic rings. The van der Waals surface area contributed by atoms with Crippen molar-refractivity contribution >= 4 is 27.4 Å². The number of anilines is 1. The molecule has 6 heteroatoms. The number of nitrogens with two attached hydrogens (primary N) is 1. The zero-order valence-corrected chi connectivity index (χ0v) is 12.4. The quantitative estimate of drug-likeness (QED) is 0.875. The number of pyridine rings is 1. The fourth-order valence-electron chi connectivity index (χ4n) is 1.82. The summed E-state index contributed by atoms with van der Waals surface area (Å²) in [6.45, 7) is 2.03. The molecule has 0 saturated carbocycles. The molecule has 0 bridgehead atoms. The van der Waals surface area contributed by atoms with E-state index in [-0.39, 0.29) is 12.2 Å². The Morgan fingerprint density at radius 3 is 2.74 bits per heavy atom. The van der Waals surface area contributed by atoms with Crippen LogP contribution >= 0.6 is 15.9 Å². The van der Waals surface area contributed by atoms with Crippen LogP contribution in [0, 0.1) is 0 Å². The van der Waals surface area contributed by atoms with Gasteiger partial charge in [0.2, 0.25) is 0 Å². The molecule has 0 unspecified atom stereocenters. The molecule has 0 spiro atoms. The Kier molecular flexibility index (Phi) is 3.99. The van der Waals surface area contributed by atoms with Gasteiger partial charge in [-0.2, -0.15) is 5.10 Å². The number of hydrogen-bond acceptors (Lipinski definition) is 4. The minimum absolute atomic E-state index is 0.0497. The Labute approximate surface area is 120 Å². The lowest BCUT2D eigenvalue weighted by Crippen LogP contribution is -2.10. The highest BCUT2D eigenvalue weighted by atomic mass is 79.9. The van der Waals surface area contributed by atoms with E-state index in [1.165, 1.54) is 6.20 Å². The summed E-state index contributed by atoms with van der Waals surface area (Å²) in [5.41, 5.74) is 8.33. The highest BCUT2D eigenvalue weighted by Gasteiger charge is 2.17. The minimum Gasteiger partial charge on any atom is -0.397 e. The van der Waals surface area contributed by atoms with Crippen molar-refractivity contribution in [3.63, 3.8) is 0 Å². The fraction of sp³-hybridized carbons (Fsp3) is 0.308. The molecule has 0 atom stereocenters. The number of aryl methyl sites for hydroxylation is 2. The van der Waals surface area contributed by atoms with Crippen LogP contribution in [0.2, 0.25) is 0 Å². The Bertz CT molecular complexity index is 604. The lowest BCUT2D eigenvalue weighted by molar-refractivity contribution is 0.0986. The maximum Gasteiger partial charge on any atom is 0.187 e. The van der Waals surface area contributed by atoms with Crippen LogP contribution < -0.4 is 5.73 Å². The SMILES string of the molecule is CCc1nn(C)c(CC(=O)c2ccc(N)cn2)c1Br. The van der Waals surface area contributed by atoms with Crippen LogP contribution in [-0.2, 0) is 19.9 Å². The Balaban J connectivity index is 2.24. The van der Waals surface area contributed by atoms with Crippen molar-refractivity contribution in [2.45, 2.75) is 19.8 Å². The summed E-state index contributed by atoms with van der Waals surface area (Å²) in [6.07, 6.45) is 2.58. The first-order valence-corrected chi connectivity index (χ1v) is 6.77. The number of aromatic nitrogens is 3. The smallest absolute Gasteiger partial charge is 0.187 e. The molecule has 2 rings (SSSR count). The molecule has 2 aromatic heterocycles. The summed E-state index contributed by atoms with van der Waals surface area (Å²) in [5, 5.41) is 4.37. The Morgan fingerprint density at radius 2 is 2.21 bits per heavy atom. The van der Waals surface area contributed by atoms with Crippen molar-refractivity contribution in [1.29, 1.82) is 0 Å². The van der Waals surface area contributed by atoms with Gasteiger partial charge in [-0.3, -0.25) is 14.5 Å². The lowest BCUT2D eigenvalue weighted by Gasteiger charge is -2.03. The van der Waals surface area contributed by atoms with E-state index >= 15 is 0 Å². The third-order valence-electron chi connectivity index (χ3n) is 2.90. The van der Waals surface area contributed by atoms with Gasteiger partial charge in [-0.05, 0) is 34.5 Å². The van der Waals surface area contributed by atoms with Crippen LogP contribution in [-0.4, -0.2) is 20.5 Å². The van der Waals surface area contributed by atoms with E-state index in [2.05, 4.69) is 26.0 Å². The normalized spacial score (nSPS) is 10.7. The lowest BCUT2D eigenvalue weighted by atomic mass is 10.1. The molecule has 0 saturated heterocycles. The van der Waals surface area contributed by atoms with Gasteiger partial charge in [0.15, 0.2) is 5.78 Å². The summed E-state index contributed by atoms with van der Waals surface area (Å²) < 4.78 is 2.64. The van der Waals surface area contributed by atoms with Gasteiger partial charge in [0.25, 0.3) is 0 Å². The van der Waals surface area contributed by atoms with Gasteiger partial charge in [-0.1, -0.05) is 6.92 Å². The number of carbonyl (C=O) groups is 1. The monoisotopic (exact) mass is 322 g/mol. The zero-order chi connectivity index (χ0) is 14.0. The molecule has 2 heterocycles. The molecule has 2 N–H and O–H groups in total. The van der Waals surface area contributed by atoms with Gasteiger partial charge in [-0.25, -0.2) is 0 Å². The summed E-state index contributed by atoms with van der Waals surface area (Å²) >= 11 is 3.50. The van der Waals surface area contributed by atoms with Crippen LogP contribution in [0.25, 0.3) is 0 Å². The van der Waals surface area contributed by atoms with Crippen molar-refractivity contribution in [2.24, 2.45) is 7.05 Å². The van der Waals surface area contributed by atoms with Crippen LogP contribution in [0.3, 0.4) is 0 Å². The number of nitrogens with zero attached hydrogens (tertiary/aromatic N) is 3. The van der Waals surface area contributed by atoms with Gasteiger partial charge in [-0.15, -0.1) is 0 Å². The standard InChI is InChI=1S/C13H15BrN4O/c1-3-9-13(14)11(18(2)17-9)6-12(19)10-5-4-8(15)7-16-10/h4-5,7H,3,6,15H2,1-2H3. The van der Waals surface area contributed by atoms with Gasteiger partial charge in [0.05, 0.1) is 34.2 Å². The van der Waals surface area contributed by atoms with E-state index in [0.717, 1.165) is 22.3 Å². The number of ketones is 1. The van der Waals surface area contributed by atoms with Crippen molar-refractivity contribution in [1.82, 2.24) is 14.8 Å². The predicted octanol–water partition coefficient (Wildman–Crippen LogP) is 2.15. The molecular formula is C13H15BrN4O. The van der Waals surface area contributed by atoms with Crippen LogP contribution in [0.1, 0.15) is 28.8 Å². The third-order valence-corrected chi connectivity index (χ3v) is 3.82. The fourth-order valence-corrected chi connectivity index (χ4v) is 2.58. The molecule has 2 aromatic rings. The van der Waals surface area contributed by atoms with E-state index in [0.29, 0.717) is 11.4 Å². The second-order valence-corrected chi connectivity index (χ2v) is 5.05. The van der Waals surface area contributed by atoms with Crippen LogP contribution in [0.4, 0.5) is 5.69 Å². The second-order valence-electron chi connectivity index (χ2n) is 4.26. The van der Waals surface area contributed by atoms with Crippen molar-refractivity contribution < 1.29 is 4.79 Å². The maximum atomic E-state index is 12.2. The Morgan fingerprint density at radius 1 is 1.47 bits per heavy atom. The van der Waals surface area contributed by atoms with Crippen molar-refractivity contribution in [3.8, 4) is 0 Å². The van der Waals surface area contributed by atoms with Gasteiger partial charge < -0.3 is 5.73 Å². The number of carbonyl (C=O) groups excluding carboxylic acids is 1. The topological polar surface area (TPSA) is 73.8 Å². The van der Waals surface area contributed by atoms with Crippen LogP contribution in [0.5, 0.6) is 0 Å². The summed E-state index contributed by atoms with van der Waals surface area (Å²) in [4.78, 5) is 16.2. The molecule has 0 fully saturated rings. The first-order valence-electron chi connectivity index (χ1n) is 5.98. The summed E-state index contributed by atoms with van der Waals surface area (Å²) in [5.74, 6) is -0.0497. The zero-order valence-electron chi connectivity index (χ0n) is 10.9. The number of Topliss-reactive ketones (excluding diaryl/α,β-unsaturated/α-hetero) is 1. The van der Waals surface area contributed by atoms with Crippen molar-refractivity contribution in [2.75, 3.05) is 5.73 Å². The molecule has 0 radical (unpaired) electrons. The highest BCUT2D eigenvalue weighted by molar-refractivity contribution is 9.10. The molecule has 19 heavy (non-hydrogen) atoms. The molecular weight excluding hydrogens is 308 g/mol. The van der Waals surface area contributed by atoms with Gasteiger partial charge >= 0.3 is 0 Å². The number of nitrogen functional groups attached to an aromatic ring is 1. The second kappa shape index (κ2) is 5.52. The number of hydrogen-bond donors (Lipinski definition) is 1. The highest BCUT2D eigenvalue weighted by Crippen LogP contribution is 2.22. The van der Waals surface area contributed by atoms with Crippen LogP contribution in [0.15, 0.2) is 22.8 Å². The molecule has 0 aromatic carbocycles.